The van der Waals surface area contributed by atoms with Gasteiger partial charge in [0, 0.05) is 16.9 Å². The molecule has 1 heterocycles. The topological polar surface area (TPSA) is 94.9 Å². The molecule has 1 aliphatic heterocycles. The number of rotatable bonds is 1. The lowest BCUT2D eigenvalue weighted by Crippen LogP contribution is -2.54. The molecular weight excluding hydrogens is 184 g/mol. The van der Waals surface area contributed by atoms with Gasteiger partial charge in [-0.15, -0.1) is 0 Å². The largest absolute Gasteiger partial charge is 0.346 e. The molecule has 0 radical (unpaired) electrons. The second kappa shape index (κ2) is 3.16. The molecule has 2 bridgehead atoms. The van der Waals surface area contributed by atoms with Crippen molar-refractivity contribution in [1.82, 2.24) is 5.32 Å². The highest BCUT2D eigenvalue weighted by Gasteiger charge is 2.38. The van der Waals surface area contributed by atoms with Crippen molar-refractivity contribution >= 4 is 11.7 Å². The zero-order valence-corrected chi connectivity index (χ0v) is 7.25. The van der Waals surface area contributed by atoms with E-state index in [4.69, 9.17) is 5.53 Å². The molecule has 1 fully saturated rings. The monoisotopic (exact) mass is 192 g/mol. The van der Waals surface area contributed by atoms with Crippen LogP contribution >= 0.6 is 0 Å². The van der Waals surface area contributed by atoms with Gasteiger partial charge in [-0.3, -0.25) is 9.59 Å². The first-order chi connectivity index (χ1) is 6.72. The Balaban J connectivity index is 2.29. The van der Waals surface area contributed by atoms with Crippen LogP contribution in [0.15, 0.2) is 17.3 Å². The number of hydrogen-bond donors (Lipinski definition) is 1. The van der Waals surface area contributed by atoms with Gasteiger partial charge in [-0.1, -0.05) is 17.3 Å². The minimum Gasteiger partial charge on any atom is -0.346 e. The molecule has 0 aromatic heterocycles. The predicted molar refractivity (Wildman–Crippen MR) is 47.1 cm³/mol. The van der Waals surface area contributed by atoms with Crippen molar-refractivity contribution < 1.29 is 9.59 Å². The van der Waals surface area contributed by atoms with Gasteiger partial charge in [-0.05, 0) is 12.0 Å². The Morgan fingerprint density at radius 2 is 2.29 bits per heavy atom. The maximum Gasteiger partial charge on any atom is 0.288 e. The number of allylic oxidation sites excluding steroid dienone is 1. The van der Waals surface area contributed by atoms with E-state index in [0.29, 0.717) is 6.42 Å². The molecule has 0 spiro atoms. The first-order valence-corrected chi connectivity index (χ1v) is 4.29. The van der Waals surface area contributed by atoms with Crippen molar-refractivity contribution in [3.8, 4) is 0 Å². The van der Waals surface area contributed by atoms with Crippen molar-refractivity contribution in [2.75, 3.05) is 0 Å². The number of nitrogens with zero attached hydrogens (tertiary/aromatic N) is 3. The second-order valence-corrected chi connectivity index (χ2v) is 3.37. The average molecular weight is 192 g/mol. The van der Waals surface area contributed by atoms with Gasteiger partial charge < -0.3 is 5.32 Å². The van der Waals surface area contributed by atoms with Crippen LogP contribution < -0.4 is 5.32 Å². The van der Waals surface area contributed by atoms with Crippen LogP contribution in [0.25, 0.3) is 10.4 Å². The summed E-state index contributed by atoms with van der Waals surface area (Å²) in [7, 11) is 0. The summed E-state index contributed by atoms with van der Waals surface area (Å²) in [5.74, 6) is -1.32. The van der Waals surface area contributed by atoms with E-state index in [2.05, 4.69) is 15.3 Å². The average Bonchev–Trinajstić information content (AvgIpc) is 2.18. The second-order valence-electron chi connectivity index (χ2n) is 3.37. The molecule has 0 unspecified atom stereocenters. The SMILES string of the molecule is [N-]=[N+]=N[C@H]1C=C[C@H]2C[C@@H]1NC(=O)C2=O. The lowest BCUT2D eigenvalue weighted by Gasteiger charge is -2.33. The molecule has 72 valence electrons. The van der Waals surface area contributed by atoms with Crippen molar-refractivity contribution in [2.24, 2.45) is 11.0 Å². The summed E-state index contributed by atoms with van der Waals surface area (Å²) in [5, 5.41) is 6.06. The molecule has 1 saturated heterocycles. The summed E-state index contributed by atoms with van der Waals surface area (Å²) in [6.07, 6.45) is 3.86. The molecule has 14 heavy (non-hydrogen) atoms. The van der Waals surface area contributed by atoms with E-state index < -0.39 is 11.7 Å². The van der Waals surface area contributed by atoms with Crippen molar-refractivity contribution in [3.63, 3.8) is 0 Å². The molecule has 1 aliphatic carbocycles. The lowest BCUT2D eigenvalue weighted by molar-refractivity contribution is -0.142. The highest BCUT2D eigenvalue weighted by Crippen LogP contribution is 2.24. The van der Waals surface area contributed by atoms with Crippen molar-refractivity contribution in [1.29, 1.82) is 0 Å². The number of Topliss-reactive ketones (excluding diaryl/α,β-unsaturated/α-hetero) is 1. The highest BCUT2D eigenvalue weighted by molar-refractivity contribution is 6.38. The van der Waals surface area contributed by atoms with Crippen LogP contribution in [0, 0.1) is 5.92 Å². The quantitative estimate of drug-likeness (QED) is 0.213. The molecule has 3 atom stereocenters. The molecule has 6 heteroatoms. The van der Waals surface area contributed by atoms with Crippen LogP contribution in [0.1, 0.15) is 6.42 Å². The zero-order chi connectivity index (χ0) is 10.1. The first-order valence-electron chi connectivity index (χ1n) is 4.29. The van der Waals surface area contributed by atoms with E-state index in [-0.39, 0.29) is 18.0 Å². The number of azide groups is 1. The summed E-state index contributed by atoms with van der Waals surface area (Å²) in [4.78, 5) is 25.1. The molecule has 0 saturated carbocycles. The number of carbonyl (C=O) groups is 2. The molecule has 2 aliphatic rings. The number of carbonyl (C=O) groups excluding carboxylic acids is 2. The summed E-state index contributed by atoms with van der Waals surface area (Å²) in [5.41, 5.74) is 8.28. The Kier molecular flexibility index (Phi) is 1.98. The Hall–Kier alpha value is -1.81. The van der Waals surface area contributed by atoms with Crippen molar-refractivity contribution in [2.45, 2.75) is 18.5 Å². The zero-order valence-electron chi connectivity index (χ0n) is 7.25. The molecule has 0 aromatic rings. The normalized spacial score (nSPS) is 34.7. The first kappa shape index (κ1) is 8.77. The third kappa shape index (κ3) is 1.25. The third-order valence-electron chi connectivity index (χ3n) is 2.52. The minimum absolute atomic E-state index is 0.230. The molecule has 0 aromatic carbocycles. The van der Waals surface area contributed by atoms with Crippen LogP contribution in [-0.2, 0) is 9.59 Å². The Labute approximate surface area is 79.6 Å². The van der Waals surface area contributed by atoms with Gasteiger partial charge >= 0.3 is 0 Å². The van der Waals surface area contributed by atoms with E-state index in [0.717, 1.165) is 0 Å². The van der Waals surface area contributed by atoms with Crippen LogP contribution in [-0.4, -0.2) is 23.8 Å². The summed E-state index contributed by atoms with van der Waals surface area (Å²) < 4.78 is 0. The lowest BCUT2D eigenvalue weighted by atomic mass is 9.82. The molecule has 1 amide bonds. The van der Waals surface area contributed by atoms with Gasteiger partial charge in [-0.25, -0.2) is 0 Å². The number of amides is 1. The van der Waals surface area contributed by atoms with E-state index in [1.807, 2.05) is 0 Å². The maximum atomic E-state index is 11.2. The molecule has 1 N–H and O–H groups in total. The van der Waals surface area contributed by atoms with E-state index >= 15 is 0 Å². The van der Waals surface area contributed by atoms with Crippen LogP contribution in [0.5, 0.6) is 0 Å². The minimum atomic E-state index is -0.575. The van der Waals surface area contributed by atoms with Gasteiger partial charge in [-0.2, -0.15) is 0 Å². The van der Waals surface area contributed by atoms with E-state index in [9.17, 15) is 9.59 Å². The third-order valence-corrected chi connectivity index (χ3v) is 2.52. The Morgan fingerprint density at radius 3 is 3.00 bits per heavy atom. The molecular formula is C8H8N4O2. The van der Waals surface area contributed by atoms with Gasteiger partial charge in [0.25, 0.3) is 5.91 Å². The number of nitrogens with one attached hydrogen (secondary N) is 1. The van der Waals surface area contributed by atoms with Crippen LogP contribution in [0.2, 0.25) is 0 Å². The number of ketones is 1. The van der Waals surface area contributed by atoms with E-state index in [1.54, 1.807) is 12.2 Å². The summed E-state index contributed by atoms with van der Waals surface area (Å²) >= 11 is 0. The van der Waals surface area contributed by atoms with Gasteiger partial charge in [0.2, 0.25) is 5.78 Å². The highest BCUT2D eigenvalue weighted by atomic mass is 16.2. The van der Waals surface area contributed by atoms with E-state index in [1.165, 1.54) is 0 Å². The van der Waals surface area contributed by atoms with Gasteiger partial charge in [0.15, 0.2) is 0 Å². The van der Waals surface area contributed by atoms with Gasteiger partial charge in [0.05, 0.1) is 6.04 Å². The maximum absolute atomic E-state index is 11.2. The summed E-state index contributed by atoms with van der Waals surface area (Å²) in [6.45, 7) is 0. The smallest absolute Gasteiger partial charge is 0.288 e. The number of hydrogen-bond acceptors (Lipinski definition) is 3. The standard InChI is InChI=1S/C8H8N4O2/c9-12-11-5-2-1-4-3-6(5)10-8(14)7(4)13/h1-2,4-6H,3H2,(H,10,14)/t4-,5-,6-/m0/s1. The Bertz CT molecular complexity index is 370. The number of fused-ring (bicyclic) bond motifs is 2. The van der Waals surface area contributed by atoms with Crippen LogP contribution in [0.3, 0.4) is 0 Å². The predicted octanol–water partition coefficient (Wildman–Crippen LogP) is 0.309. The molecule has 6 nitrogen and oxygen atoms in total. The fraction of sp³-hybridized carbons (Fsp3) is 0.500. The Morgan fingerprint density at radius 1 is 1.50 bits per heavy atom. The molecule has 2 rings (SSSR count). The fourth-order valence-electron chi connectivity index (χ4n) is 1.80. The number of piperidine rings is 1. The van der Waals surface area contributed by atoms with Gasteiger partial charge in [0.1, 0.15) is 0 Å². The summed E-state index contributed by atoms with van der Waals surface area (Å²) in [6, 6.07) is -0.598. The fourth-order valence-corrected chi connectivity index (χ4v) is 1.80. The van der Waals surface area contributed by atoms with Crippen molar-refractivity contribution in [3.05, 3.63) is 22.6 Å². The van der Waals surface area contributed by atoms with Crippen LogP contribution in [0.4, 0.5) is 0 Å².